The number of hydrogen-bond acceptors (Lipinski definition) is 9. The van der Waals surface area contributed by atoms with Crippen LogP contribution in [0.5, 0.6) is 0 Å². The maximum absolute atomic E-state index is 12.6. The van der Waals surface area contributed by atoms with Gasteiger partial charge in [0.1, 0.15) is 11.8 Å². The molecule has 36 heavy (non-hydrogen) atoms. The Kier molecular flexibility index (Phi) is 6.01. The van der Waals surface area contributed by atoms with E-state index in [1.54, 1.807) is 18.2 Å². The van der Waals surface area contributed by atoms with Crippen LogP contribution in [0, 0.1) is 66.9 Å². The zero-order valence-corrected chi connectivity index (χ0v) is 17.2. The van der Waals surface area contributed by atoms with Crippen LogP contribution in [0.4, 0.5) is 17.5 Å². The number of rotatable bonds is 2. The summed E-state index contributed by atoms with van der Waals surface area (Å²) in [7, 11) is 0. The van der Waals surface area contributed by atoms with E-state index in [0.29, 0.717) is 0 Å². The molecule has 2 heterocycles. The number of nitrogens with zero attached hydrogens (tertiary/aromatic N) is 12. The van der Waals surface area contributed by atoms with Crippen LogP contribution < -0.4 is 21.3 Å². The lowest BCUT2D eigenvalue weighted by Crippen LogP contribution is -2.66. The molecule has 0 N–H and O–H groups in total. The Morgan fingerprint density at radius 1 is 0.611 bits per heavy atom. The van der Waals surface area contributed by atoms with E-state index in [1.165, 1.54) is 0 Å². The van der Waals surface area contributed by atoms with Crippen LogP contribution >= 0.6 is 0 Å². The van der Waals surface area contributed by atoms with Gasteiger partial charge in [-0.2, -0.15) is 20.8 Å². The Morgan fingerprint density at radius 3 is 1.36 bits per heavy atom. The van der Waals surface area contributed by atoms with Crippen LogP contribution in [0.15, 0.2) is 9.59 Å². The van der Waals surface area contributed by atoms with Crippen molar-refractivity contribution >= 4 is 28.8 Å². The monoisotopic (exact) mass is 464 g/mol. The maximum Gasteiger partial charge on any atom is 0.417 e. The summed E-state index contributed by atoms with van der Waals surface area (Å²) in [5.74, 6) is -2.97. The number of hydrogen-bond donors (Lipinski definition) is 0. The molecule has 1 aromatic carbocycles. The van der Waals surface area contributed by atoms with Crippen LogP contribution in [0.1, 0.15) is 28.5 Å². The molecule has 160 valence electrons. The Labute approximate surface area is 199 Å². The van der Waals surface area contributed by atoms with E-state index in [-0.39, 0.29) is 0 Å². The lowest BCUT2D eigenvalue weighted by molar-refractivity contribution is 1.09. The molecule has 0 spiro atoms. The van der Waals surface area contributed by atoms with Gasteiger partial charge in [-0.15, -0.1) is 0 Å². The summed E-state index contributed by atoms with van der Waals surface area (Å²) in [5, 5.41) is 26.2. The fourth-order valence-electron chi connectivity index (χ4n) is 3.06. The topological polar surface area (TPSA) is 179 Å². The average Bonchev–Trinajstić information content (AvgIpc) is 2.93. The highest BCUT2D eigenvalue weighted by Crippen LogP contribution is 2.32. The fraction of sp³-hybridized carbons (Fsp3) is 0. The van der Waals surface area contributed by atoms with Crippen molar-refractivity contribution in [3.63, 3.8) is 0 Å². The molecule has 0 amide bonds. The SMILES string of the molecule is [C-]#[N+]/C(c1c(C#N)nc(C#N)nc1[N+]#[C-])=c1\c(=O)c(=O)\c1=C(\[N+]#[C-])c1c([N+]#[C-])nc(C#N)nc1[N+]#[C-]. The van der Waals surface area contributed by atoms with Gasteiger partial charge in [-0.1, -0.05) is 34.7 Å². The summed E-state index contributed by atoms with van der Waals surface area (Å²) in [6, 6.07) is 4.71. The molecule has 0 saturated heterocycles. The van der Waals surface area contributed by atoms with Crippen molar-refractivity contribution in [2.45, 2.75) is 0 Å². The average molecular weight is 464 g/mol. The Bertz CT molecular complexity index is 1850. The van der Waals surface area contributed by atoms with E-state index in [1.807, 2.05) is 0 Å². The van der Waals surface area contributed by atoms with Crippen LogP contribution in [-0.4, -0.2) is 19.9 Å². The summed E-state index contributed by atoms with van der Waals surface area (Å²) in [6.45, 7) is 37.1. The predicted molar refractivity (Wildman–Crippen MR) is 116 cm³/mol. The molecule has 0 bridgehead atoms. The third-order valence-electron chi connectivity index (χ3n) is 4.47. The molecular formula is C22N12O2. The largest absolute Gasteiger partial charge is 0.417 e. The molecule has 0 radical (unpaired) electrons. The zero-order chi connectivity index (χ0) is 26.6. The van der Waals surface area contributed by atoms with Crippen molar-refractivity contribution in [2.24, 2.45) is 0 Å². The van der Waals surface area contributed by atoms with E-state index in [2.05, 4.69) is 44.2 Å². The second-order valence-corrected chi connectivity index (χ2v) is 6.16. The van der Waals surface area contributed by atoms with Crippen LogP contribution in [0.25, 0.3) is 35.6 Å². The molecule has 14 nitrogen and oxygen atoms in total. The second-order valence-electron chi connectivity index (χ2n) is 6.16. The van der Waals surface area contributed by atoms with Gasteiger partial charge in [-0.25, -0.2) is 9.69 Å². The van der Waals surface area contributed by atoms with E-state index in [9.17, 15) is 14.9 Å². The summed E-state index contributed by atoms with van der Waals surface area (Å²) in [6.07, 6.45) is 0. The minimum Gasteiger partial charge on any atom is -0.362 e. The molecular weight excluding hydrogens is 464 g/mol. The lowest BCUT2D eigenvalue weighted by atomic mass is 10.0. The van der Waals surface area contributed by atoms with Gasteiger partial charge in [0.25, 0.3) is 17.5 Å². The number of aromatic nitrogens is 4. The molecule has 14 heteroatoms. The van der Waals surface area contributed by atoms with E-state index in [4.69, 9.17) is 43.4 Å². The van der Waals surface area contributed by atoms with E-state index >= 15 is 0 Å². The summed E-state index contributed by atoms with van der Waals surface area (Å²) < 4.78 is 0. The molecule has 0 aliphatic heterocycles. The first-order valence-corrected chi connectivity index (χ1v) is 8.85. The lowest BCUT2D eigenvalue weighted by Gasteiger charge is -2.08. The van der Waals surface area contributed by atoms with Gasteiger partial charge in [0.15, 0.2) is 23.5 Å². The van der Waals surface area contributed by atoms with Crippen molar-refractivity contribution in [1.29, 1.82) is 15.8 Å². The van der Waals surface area contributed by atoms with Gasteiger partial charge in [-0.05, 0) is 0 Å². The molecule has 0 fully saturated rings. The van der Waals surface area contributed by atoms with Gasteiger partial charge in [-0.3, -0.25) is 9.59 Å². The molecule has 2 aromatic heterocycles. The maximum atomic E-state index is 12.6. The summed E-state index contributed by atoms with van der Waals surface area (Å²) in [4.78, 5) is 55.3. The zero-order valence-electron chi connectivity index (χ0n) is 17.2. The van der Waals surface area contributed by atoms with Crippen molar-refractivity contribution in [3.8, 4) is 18.2 Å². The van der Waals surface area contributed by atoms with Gasteiger partial charge >= 0.3 is 11.6 Å². The molecule has 0 aliphatic carbocycles. The van der Waals surface area contributed by atoms with Gasteiger partial charge in [0.2, 0.25) is 10.9 Å². The minimum atomic E-state index is -1.25. The van der Waals surface area contributed by atoms with Gasteiger partial charge in [0.05, 0.1) is 13.1 Å². The molecule has 0 atom stereocenters. The third kappa shape index (κ3) is 3.40. The van der Waals surface area contributed by atoms with Gasteiger partial charge < -0.3 is 14.5 Å². The van der Waals surface area contributed by atoms with E-state index < -0.39 is 78.6 Å². The molecule has 0 unspecified atom stereocenters. The first-order chi connectivity index (χ1) is 17.3. The minimum absolute atomic E-state index is 0.534. The highest BCUT2D eigenvalue weighted by atomic mass is 16.2. The normalized spacial score (nSPS) is 11.1. The van der Waals surface area contributed by atoms with Crippen molar-refractivity contribution < 1.29 is 0 Å². The summed E-state index contributed by atoms with van der Waals surface area (Å²) in [5.41, 5.74) is -5.59. The molecule has 3 aromatic rings. The Morgan fingerprint density at radius 2 is 1.00 bits per heavy atom. The van der Waals surface area contributed by atoms with Crippen LogP contribution in [-0.2, 0) is 0 Å². The second kappa shape index (κ2) is 9.18. The third-order valence-corrected chi connectivity index (χ3v) is 4.47. The predicted octanol–water partition coefficient (Wildman–Crippen LogP) is 0.282. The number of nitriles is 3. The van der Waals surface area contributed by atoms with E-state index in [0.717, 1.165) is 0 Å². The van der Waals surface area contributed by atoms with Crippen molar-refractivity contribution in [3.05, 3.63) is 116 Å². The highest BCUT2D eigenvalue weighted by Gasteiger charge is 2.28. The smallest absolute Gasteiger partial charge is 0.362 e. The molecule has 3 rings (SSSR count). The summed E-state index contributed by atoms with van der Waals surface area (Å²) >= 11 is 0. The first-order valence-electron chi connectivity index (χ1n) is 8.85. The van der Waals surface area contributed by atoms with Crippen LogP contribution in [0.2, 0.25) is 0 Å². The first kappa shape index (κ1) is 23.6. The van der Waals surface area contributed by atoms with Crippen LogP contribution in [0.3, 0.4) is 0 Å². The Hall–Kier alpha value is -7.10. The standard InChI is InChI=1S/C22N12O2/c1-26-16(12-9(6-23)31-10(7-24)32-20(12)28-3)13-14(19(36)18(13)35)17(27-2)15-21(29-4)33-11(8-25)34-22(15)30-5/b16-13-,17-14+. The molecule has 0 saturated carbocycles. The quantitative estimate of drug-likeness (QED) is 0.380. The van der Waals surface area contributed by atoms with Crippen molar-refractivity contribution in [2.75, 3.05) is 0 Å². The highest BCUT2D eigenvalue weighted by molar-refractivity contribution is 5.87. The van der Waals surface area contributed by atoms with Gasteiger partial charge in [0, 0.05) is 21.6 Å². The van der Waals surface area contributed by atoms with Crippen molar-refractivity contribution in [1.82, 2.24) is 19.9 Å². The molecule has 0 aliphatic rings. The Balaban J connectivity index is 2.71. The fourth-order valence-corrected chi connectivity index (χ4v) is 3.06.